The fourth-order valence-electron chi connectivity index (χ4n) is 2.55. The summed E-state index contributed by atoms with van der Waals surface area (Å²) < 4.78 is 0. The molecule has 0 aromatic heterocycles. The van der Waals surface area contributed by atoms with Gasteiger partial charge in [0.15, 0.2) is 0 Å². The lowest BCUT2D eigenvalue weighted by Crippen LogP contribution is -2.51. The summed E-state index contributed by atoms with van der Waals surface area (Å²) in [5.74, 6) is 0.448. The highest BCUT2D eigenvalue weighted by molar-refractivity contribution is 4.92. The van der Waals surface area contributed by atoms with Crippen LogP contribution in [0.5, 0.6) is 0 Å². The van der Waals surface area contributed by atoms with Gasteiger partial charge in [-0.1, -0.05) is 6.92 Å². The number of aliphatic hydroxyl groups excluding tert-OH is 1. The Bertz CT molecular complexity index is 182. The minimum absolute atomic E-state index is 0.334. The molecule has 0 aromatic carbocycles. The van der Waals surface area contributed by atoms with Crippen LogP contribution in [-0.4, -0.2) is 48.3 Å². The number of rotatable bonds is 4. The first-order valence-corrected chi connectivity index (χ1v) is 5.93. The Morgan fingerprint density at radius 1 is 1.36 bits per heavy atom. The zero-order chi connectivity index (χ0) is 9.97. The molecule has 0 spiro atoms. The van der Waals surface area contributed by atoms with Crippen LogP contribution in [-0.2, 0) is 0 Å². The molecule has 2 aliphatic rings. The SMILES string of the molecule is CCNC1CCN(C2CC2)CC1CO. The molecule has 2 unspecified atom stereocenters. The topological polar surface area (TPSA) is 35.5 Å². The Balaban J connectivity index is 1.85. The van der Waals surface area contributed by atoms with E-state index in [4.69, 9.17) is 0 Å². The molecule has 1 aliphatic carbocycles. The van der Waals surface area contributed by atoms with Gasteiger partial charge in [-0.25, -0.2) is 0 Å². The van der Waals surface area contributed by atoms with Gasteiger partial charge in [-0.3, -0.25) is 4.90 Å². The van der Waals surface area contributed by atoms with Gasteiger partial charge < -0.3 is 10.4 Å². The fraction of sp³-hybridized carbons (Fsp3) is 1.00. The summed E-state index contributed by atoms with van der Waals surface area (Å²) in [6.45, 7) is 5.81. The molecular weight excluding hydrogens is 176 g/mol. The molecule has 0 radical (unpaired) electrons. The van der Waals surface area contributed by atoms with Gasteiger partial charge in [-0.15, -0.1) is 0 Å². The van der Waals surface area contributed by atoms with Gasteiger partial charge in [0.1, 0.15) is 0 Å². The predicted molar refractivity (Wildman–Crippen MR) is 57.3 cm³/mol. The van der Waals surface area contributed by atoms with Crippen LogP contribution < -0.4 is 5.32 Å². The predicted octanol–water partition coefficient (Wildman–Crippen LogP) is 0.441. The molecule has 2 atom stereocenters. The van der Waals surface area contributed by atoms with Crippen molar-refractivity contribution in [2.45, 2.75) is 38.3 Å². The summed E-state index contributed by atoms with van der Waals surface area (Å²) in [7, 11) is 0. The average Bonchev–Trinajstić information content (AvgIpc) is 3.02. The molecule has 0 aromatic rings. The number of likely N-dealkylation sites (tertiary alicyclic amines) is 1. The van der Waals surface area contributed by atoms with E-state index in [9.17, 15) is 5.11 Å². The Kier molecular flexibility index (Phi) is 3.42. The molecule has 2 N–H and O–H groups in total. The van der Waals surface area contributed by atoms with E-state index in [0.29, 0.717) is 18.6 Å². The molecule has 1 saturated carbocycles. The molecule has 14 heavy (non-hydrogen) atoms. The van der Waals surface area contributed by atoms with Crippen molar-refractivity contribution in [2.24, 2.45) is 5.92 Å². The van der Waals surface area contributed by atoms with Gasteiger partial charge in [0, 0.05) is 31.2 Å². The molecule has 1 saturated heterocycles. The molecular formula is C11H22N2O. The van der Waals surface area contributed by atoms with Crippen molar-refractivity contribution in [1.82, 2.24) is 10.2 Å². The van der Waals surface area contributed by atoms with Crippen LogP contribution in [0.4, 0.5) is 0 Å². The zero-order valence-corrected chi connectivity index (χ0v) is 9.08. The largest absolute Gasteiger partial charge is 0.396 e. The monoisotopic (exact) mass is 198 g/mol. The van der Waals surface area contributed by atoms with Crippen LogP contribution in [0.1, 0.15) is 26.2 Å². The lowest BCUT2D eigenvalue weighted by molar-refractivity contribution is 0.0861. The van der Waals surface area contributed by atoms with Crippen LogP contribution in [0.15, 0.2) is 0 Å². The van der Waals surface area contributed by atoms with E-state index in [1.54, 1.807) is 0 Å². The zero-order valence-electron chi connectivity index (χ0n) is 9.08. The lowest BCUT2D eigenvalue weighted by Gasteiger charge is -2.38. The summed E-state index contributed by atoms with van der Waals surface area (Å²) in [6, 6.07) is 1.40. The Morgan fingerprint density at radius 2 is 2.14 bits per heavy atom. The van der Waals surface area contributed by atoms with Crippen molar-refractivity contribution in [2.75, 3.05) is 26.2 Å². The first kappa shape index (κ1) is 10.4. The van der Waals surface area contributed by atoms with Crippen molar-refractivity contribution in [3.05, 3.63) is 0 Å². The molecule has 1 aliphatic heterocycles. The highest BCUT2D eigenvalue weighted by Crippen LogP contribution is 2.30. The van der Waals surface area contributed by atoms with Crippen LogP contribution in [0, 0.1) is 5.92 Å². The second-order valence-corrected chi connectivity index (χ2v) is 4.62. The summed E-state index contributed by atoms with van der Waals surface area (Å²) in [5.41, 5.74) is 0. The smallest absolute Gasteiger partial charge is 0.0486 e. The van der Waals surface area contributed by atoms with Gasteiger partial charge in [-0.2, -0.15) is 0 Å². The first-order chi connectivity index (χ1) is 6.85. The van der Waals surface area contributed by atoms with E-state index < -0.39 is 0 Å². The van der Waals surface area contributed by atoms with Gasteiger partial charge in [0.05, 0.1) is 0 Å². The minimum atomic E-state index is 0.334. The molecule has 3 nitrogen and oxygen atoms in total. The maximum atomic E-state index is 9.34. The lowest BCUT2D eigenvalue weighted by atomic mass is 9.92. The first-order valence-electron chi connectivity index (χ1n) is 5.93. The van der Waals surface area contributed by atoms with E-state index in [1.165, 1.54) is 25.8 Å². The van der Waals surface area contributed by atoms with Gasteiger partial charge in [-0.05, 0) is 32.4 Å². The Hall–Kier alpha value is -0.120. The maximum absolute atomic E-state index is 9.34. The Morgan fingerprint density at radius 3 is 2.71 bits per heavy atom. The highest BCUT2D eigenvalue weighted by Gasteiger charge is 2.35. The average molecular weight is 198 g/mol. The molecule has 0 bridgehead atoms. The normalized spacial score (nSPS) is 34.7. The third kappa shape index (κ3) is 2.27. The van der Waals surface area contributed by atoms with Gasteiger partial charge in [0.2, 0.25) is 0 Å². The second kappa shape index (κ2) is 4.60. The number of nitrogens with one attached hydrogen (secondary N) is 1. The number of hydrogen-bond acceptors (Lipinski definition) is 3. The number of aliphatic hydroxyl groups is 1. The molecule has 2 fully saturated rings. The molecule has 1 heterocycles. The summed E-state index contributed by atoms with van der Waals surface area (Å²) in [6.07, 6.45) is 3.96. The molecule has 2 rings (SSSR count). The molecule has 82 valence electrons. The molecule has 0 amide bonds. The maximum Gasteiger partial charge on any atom is 0.0486 e. The third-order valence-electron chi connectivity index (χ3n) is 3.53. The summed E-state index contributed by atoms with van der Waals surface area (Å²) in [4.78, 5) is 2.56. The van der Waals surface area contributed by atoms with Crippen molar-refractivity contribution in [3.8, 4) is 0 Å². The van der Waals surface area contributed by atoms with Crippen molar-refractivity contribution >= 4 is 0 Å². The third-order valence-corrected chi connectivity index (χ3v) is 3.53. The van der Waals surface area contributed by atoms with E-state index >= 15 is 0 Å². The van der Waals surface area contributed by atoms with Crippen LogP contribution in [0.3, 0.4) is 0 Å². The Labute approximate surface area is 86.5 Å². The van der Waals surface area contributed by atoms with Crippen molar-refractivity contribution in [3.63, 3.8) is 0 Å². The van der Waals surface area contributed by atoms with E-state index in [-0.39, 0.29) is 0 Å². The van der Waals surface area contributed by atoms with E-state index in [0.717, 1.165) is 19.1 Å². The van der Waals surface area contributed by atoms with Crippen molar-refractivity contribution < 1.29 is 5.11 Å². The molecule has 3 heteroatoms. The highest BCUT2D eigenvalue weighted by atomic mass is 16.3. The quantitative estimate of drug-likeness (QED) is 0.688. The minimum Gasteiger partial charge on any atom is -0.396 e. The second-order valence-electron chi connectivity index (χ2n) is 4.62. The van der Waals surface area contributed by atoms with Gasteiger partial charge in [0.25, 0.3) is 0 Å². The number of piperidine rings is 1. The van der Waals surface area contributed by atoms with Crippen molar-refractivity contribution in [1.29, 1.82) is 0 Å². The number of nitrogens with zero attached hydrogens (tertiary/aromatic N) is 1. The standard InChI is InChI=1S/C11H22N2O/c1-2-12-11-5-6-13(10-3-4-10)7-9(11)8-14/h9-12,14H,2-8H2,1H3. The van der Waals surface area contributed by atoms with Gasteiger partial charge >= 0.3 is 0 Å². The fourth-order valence-corrected chi connectivity index (χ4v) is 2.55. The summed E-state index contributed by atoms with van der Waals surface area (Å²) in [5, 5.41) is 12.8. The van der Waals surface area contributed by atoms with Crippen LogP contribution >= 0.6 is 0 Å². The van der Waals surface area contributed by atoms with E-state index in [2.05, 4.69) is 17.1 Å². The van der Waals surface area contributed by atoms with Crippen LogP contribution in [0.2, 0.25) is 0 Å². The summed E-state index contributed by atoms with van der Waals surface area (Å²) >= 11 is 0. The van der Waals surface area contributed by atoms with Crippen LogP contribution in [0.25, 0.3) is 0 Å². The van der Waals surface area contributed by atoms with E-state index in [1.807, 2.05) is 0 Å². The number of hydrogen-bond donors (Lipinski definition) is 2.